The van der Waals surface area contributed by atoms with Crippen LogP contribution in [0.25, 0.3) is 0 Å². The Labute approximate surface area is 157 Å². The Hall–Kier alpha value is -2.14. The zero-order chi connectivity index (χ0) is 17.9. The van der Waals surface area contributed by atoms with E-state index in [1.54, 1.807) is 0 Å². The molecular weight excluding hydrogens is 344 g/mol. The van der Waals surface area contributed by atoms with Crippen LogP contribution in [0.1, 0.15) is 29.5 Å². The van der Waals surface area contributed by atoms with Gasteiger partial charge in [-0.05, 0) is 41.7 Å². The number of benzene rings is 2. The van der Waals surface area contributed by atoms with Gasteiger partial charge in [0.25, 0.3) is 0 Å². The van der Waals surface area contributed by atoms with E-state index in [0.717, 1.165) is 50.3 Å². The predicted octanol–water partition coefficient (Wildman–Crippen LogP) is 3.08. The minimum atomic E-state index is -1.16. The third-order valence-corrected chi connectivity index (χ3v) is 6.41. The number of hydrogen-bond donors (Lipinski definition) is 0. The molecular formula is C21H24N2O2S. The van der Waals surface area contributed by atoms with E-state index in [0.29, 0.717) is 5.75 Å². The van der Waals surface area contributed by atoms with Gasteiger partial charge in [0.2, 0.25) is 5.91 Å². The minimum Gasteiger partial charge on any atom is -0.363 e. The van der Waals surface area contributed by atoms with Gasteiger partial charge >= 0.3 is 0 Å². The molecule has 1 fully saturated rings. The summed E-state index contributed by atoms with van der Waals surface area (Å²) in [6.07, 6.45) is 2.14. The number of carbonyl (C=O) groups is 1. The second-order valence-electron chi connectivity index (χ2n) is 7.11. The van der Waals surface area contributed by atoms with E-state index in [2.05, 4.69) is 41.3 Å². The maximum atomic E-state index is 12.4. The van der Waals surface area contributed by atoms with E-state index in [1.807, 2.05) is 17.0 Å². The van der Waals surface area contributed by atoms with Gasteiger partial charge in [-0.25, -0.2) is 0 Å². The van der Waals surface area contributed by atoms with Gasteiger partial charge < -0.3 is 9.80 Å². The van der Waals surface area contributed by atoms with E-state index in [1.165, 1.54) is 11.1 Å². The molecule has 2 heterocycles. The van der Waals surface area contributed by atoms with Crippen LogP contribution in [0.3, 0.4) is 0 Å². The van der Waals surface area contributed by atoms with Crippen LogP contribution in [0.15, 0.2) is 48.5 Å². The van der Waals surface area contributed by atoms with Crippen molar-refractivity contribution in [2.75, 3.05) is 23.7 Å². The fourth-order valence-electron chi connectivity index (χ4n) is 3.79. The monoisotopic (exact) mass is 368 g/mol. The summed E-state index contributed by atoms with van der Waals surface area (Å²) in [7, 11) is -1.16. The number of carbonyl (C=O) groups excluding carboxylic acids is 1. The highest BCUT2D eigenvalue weighted by molar-refractivity contribution is 7.84. The normalized spacial score (nSPS) is 17.4. The molecule has 0 radical (unpaired) electrons. The van der Waals surface area contributed by atoms with Crippen LogP contribution >= 0.6 is 0 Å². The molecule has 1 saturated heterocycles. The number of rotatable bonds is 5. The standard InChI is InChI=1S/C21H24N2O2S/c24-21(22-10-3-4-11-22)16-26(25)15-17-6-5-9-20(12-17)23-13-18-7-1-2-8-19(18)14-23/h1-2,5-9,12H,3-4,10-11,13-16H2. The Morgan fingerprint density at radius 2 is 1.65 bits per heavy atom. The molecule has 1 amide bonds. The van der Waals surface area contributed by atoms with Crippen LogP contribution in [0.5, 0.6) is 0 Å². The Balaban J connectivity index is 1.39. The maximum Gasteiger partial charge on any atom is 0.235 e. The molecule has 5 heteroatoms. The SMILES string of the molecule is O=C(CS(=O)Cc1cccc(N2Cc3ccccc3C2)c1)N1CCCC1. The average molecular weight is 369 g/mol. The van der Waals surface area contributed by atoms with E-state index in [9.17, 15) is 9.00 Å². The van der Waals surface area contributed by atoms with Gasteiger partial charge in [-0.3, -0.25) is 9.00 Å². The summed E-state index contributed by atoms with van der Waals surface area (Å²) in [5, 5.41) is 0. The Morgan fingerprint density at radius 1 is 0.962 bits per heavy atom. The maximum absolute atomic E-state index is 12.4. The van der Waals surface area contributed by atoms with E-state index in [4.69, 9.17) is 0 Å². The van der Waals surface area contributed by atoms with Gasteiger partial charge in [-0.15, -0.1) is 0 Å². The lowest BCUT2D eigenvalue weighted by atomic mass is 10.1. The number of nitrogens with zero attached hydrogens (tertiary/aromatic N) is 2. The predicted molar refractivity (Wildman–Crippen MR) is 105 cm³/mol. The first-order valence-corrected chi connectivity index (χ1v) is 10.7. The second kappa shape index (κ2) is 7.62. The molecule has 0 aliphatic carbocycles. The van der Waals surface area contributed by atoms with Crippen molar-refractivity contribution in [1.29, 1.82) is 0 Å². The molecule has 0 aromatic heterocycles. The third kappa shape index (κ3) is 3.83. The van der Waals surface area contributed by atoms with E-state index >= 15 is 0 Å². The highest BCUT2D eigenvalue weighted by Crippen LogP contribution is 2.28. The smallest absolute Gasteiger partial charge is 0.235 e. The molecule has 0 spiro atoms. The lowest BCUT2D eigenvalue weighted by Gasteiger charge is -2.19. The number of amides is 1. The van der Waals surface area contributed by atoms with Gasteiger partial charge in [-0.2, -0.15) is 0 Å². The van der Waals surface area contributed by atoms with E-state index in [-0.39, 0.29) is 11.7 Å². The molecule has 1 unspecified atom stereocenters. The van der Waals surface area contributed by atoms with Crippen molar-refractivity contribution in [2.24, 2.45) is 0 Å². The molecule has 26 heavy (non-hydrogen) atoms. The van der Waals surface area contributed by atoms with E-state index < -0.39 is 10.8 Å². The molecule has 0 N–H and O–H groups in total. The van der Waals surface area contributed by atoms with Crippen molar-refractivity contribution in [2.45, 2.75) is 31.7 Å². The zero-order valence-electron chi connectivity index (χ0n) is 14.9. The number of anilines is 1. The molecule has 136 valence electrons. The first-order valence-electron chi connectivity index (χ1n) is 9.22. The van der Waals surface area contributed by atoms with Crippen LogP contribution in [0.2, 0.25) is 0 Å². The lowest BCUT2D eigenvalue weighted by molar-refractivity contribution is -0.127. The molecule has 0 saturated carbocycles. The fourth-order valence-corrected chi connectivity index (χ4v) is 4.90. The van der Waals surface area contributed by atoms with Gasteiger partial charge in [0.15, 0.2) is 0 Å². The van der Waals surface area contributed by atoms with Crippen molar-refractivity contribution in [3.05, 3.63) is 65.2 Å². The summed E-state index contributed by atoms with van der Waals surface area (Å²) in [5.41, 5.74) is 4.93. The quantitative estimate of drug-likeness (QED) is 0.814. The minimum absolute atomic E-state index is 0.0342. The summed E-state index contributed by atoms with van der Waals surface area (Å²) in [5.74, 6) is 0.611. The summed E-state index contributed by atoms with van der Waals surface area (Å²) >= 11 is 0. The molecule has 0 bridgehead atoms. The van der Waals surface area contributed by atoms with Crippen molar-refractivity contribution < 1.29 is 9.00 Å². The molecule has 2 aliphatic rings. The number of likely N-dealkylation sites (tertiary alicyclic amines) is 1. The molecule has 4 nitrogen and oxygen atoms in total. The lowest BCUT2D eigenvalue weighted by Crippen LogP contribution is -2.32. The van der Waals surface area contributed by atoms with Gasteiger partial charge in [-0.1, -0.05) is 36.4 Å². The number of hydrogen-bond acceptors (Lipinski definition) is 3. The largest absolute Gasteiger partial charge is 0.363 e. The van der Waals surface area contributed by atoms with Gasteiger partial charge in [0, 0.05) is 48.4 Å². The van der Waals surface area contributed by atoms with Crippen molar-refractivity contribution in [3.63, 3.8) is 0 Å². The summed E-state index contributed by atoms with van der Waals surface area (Å²) in [4.78, 5) is 16.4. The summed E-state index contributed by atoms with van der Waals surface area (Å²) < 4.78 is 12.4. The first-order chi connectivity index (χ1) is 12.7. The van der Waals surface area contributed by atoms with Crippen molar-refractivity contribution >= 4 is 22.4 Å². The molecule has 2 aromatic carbocycles. The third-order valence-electron chi connectivity index (χ3n) is 5.19. The molecule has 2 aromatic rings. The highest BCUT2D eigenvalue weighted by atomic mass is 32.2. The molecule has 4 rings (SSSR count). The van der Waals surface area contributed by atoms with Gasteiger partial charge in [0.05, 0.1) is 0 Å². The number of fused-ring (bicyclic) bond motifs is 1. The van der Waals surface area contributed by atoms with Crippen LogP contribution in [0, 0.1) is 0 Å². The summed E-state index contributed by atoms with van der Waals surface area (Å²) in [6, 6.07) is 16.8. The topological polar surface area (TPSA) is 40.6 Å². The van der Waals surface area contributed by atoms with Crippen molar-refractivity contribution in [3.8, 4) is 0 Å². The molecule has 1 atom stereocenters. The summed E-state index contributed by atoms with van der Waals surface area (Å²) in [6.45, 7) is 3.47. The van der Waals surface area contributed by atoms with Crippen LogP contribution in [0.4, 0.5) is 5.69 Å². The molecule has 2 aliphatic heterocycles. The second-order valence-corrected chi connectivity index (χ2v) is 8.57. The highest BCUT2D eigenvalue weighted by Gasteiger charge is 2.21. The van der Waals surface area contributed by atoms with Crippen LogP contribution in [-0.2, 0) is 34.4 Å². The zero-order valence-corrected chi connectivity index (χ0v) is 15.7. The average Bonchev–Trinajstić information content (AvgIpc) is 3.31. The Bertz CT molecular complexity index is 805. The Kier molecular flexibility index (Phi) is 5.07. The van der Waals surface area contributed by atoms with Crippen LogP contribution < -0.4 is 4.90 Å². The van der Waals surface area contributed by atoms with Crippen LogP contribution in [-0.4, -0.2) is 33.9 Å². The fraction of sp³-hybridized carbons (Fsp3) is 0.381. The van der Waals surface area contributed by atoms with Gasteiger partial charge in [0.1, 0.15) is 5.75 Å². The van der Waals surface area contributed by atoms with Crippen molar-refractivity contribution in [1.82, 2.24) is 4.90 Å². The Morgan fingerprint density at radius 3 is 2.35 bits per heavy atom. The first kappa shape index (κ1) is 17.3.